The number of amides is 1. The molecule has 2 aromatic rings. The Morgan fingerprint density at radius 2 is 2.09 bits per heavy atom. The van der Waals surface area contributed by atoms with E-state index in [2.05, 4.69) is 21.2 Å². The maximum Gasteiger partial charge on any atom is 0.248 e. The second-order valence-electron chi connectivity index (χ2n) is 4.38. The lowest BCUT2D eigenvalue weighted by atomic mass is 10.2. The van der Waals surface area contributed by atoms with E-state index in [0.29, 0.717) is 21.6 Å². The first-order chi connectivity index (χ1) is 11.1. The van der Waals surface area contributed by atoms with Crippen LogP contribution in [0.2, 0.25) is 5.02 Å². The molecule has 0 unspecified atom stereocenters. The summed E-state index contributed by atoms with van der Waals surface area (Å²) in [6.07, 6.45) is 0. The van der Waals surface area contributed by atoms with E-state index in [4.69, 9.17) is 23.8 Å². The highest BCUT2D eigenvalue weighted by Crippen LogP contribution is 2.25. The Morgan fingerprint density at radius 1 is 1.35 bits per heavy atom. The molecule has 5 nitrogen and oxygen atoms in total. The van der Waals surface area contributed by atoms with Gasteiger partial charge < -0.3 is 5.32 Å². The Morgan fingerprint density at radius 3 is 2.78 bits per heavy atom. The second-order valence-corrected chi connectivity index (χ2v) is 7.15. The number of thioether (sulfide) groups is 1. The molecule has 0 atom stereocenters. The smallest absolute Gasteiger partial charge is 0.248 e. The minimum atomic E-state index is -0.137. The highest BCUT2D eigenvalue weighted by Gasteiger charge is 2.07. The van der Waals surface area contributed by atoms with Crippen LogP contribution in [0.5, 0.6) is 0 Å². The summed E-state index contributed by atoms with van der Waals surface area (Å²) in [6, 6.07) is 7.57. The summed E-state index contributed by atoms with van der Waals surface area (Å²) in [5.41, 5.74) is 7.06. The van der Waals surface area contributed by atoms with Gasteiger partial charge in [-0.3, -0.25) is 15.6 Å². The number of hydrazine groups is 1. The van der Waals surface area contributed by atoms with E-state index in [1.165, 1.54) is 11.8 Å². The van der Waals surface area contributed by atoms with E-state index < -0.39 is 0 Å². The number of thiocarbonyl (C=S) groups is 1. The van der Waals surface area contributed by atoms with Gasteiger partial charge in [0.05, 0.1) is 11.4 Å². The molecule has 0 radical (unpaired) electrons. The summed E-state index contributed by atoms with van der Waals surface area (Å²) < 4.78 is 0. The van der Waals surface area contributed by atoms with Gasteiger partial charge in [0.1, 0.15) is 5.01 Å². The van der Waals surface area contributed by atoms with Crippen LogP contribution in [0, 0.1) is 0 Å². The first kappa shape index (κ1) is 18.0. The van der Waals surface area contributed by atoms with Gasteiger partial charge in [-0.1, -0.05) is 23.7 Å². The average Bonchev–Trinajstić information content (AvgIpc) is 3.02. The lowest BCUT2D eigenvalue weighted by Gasteiger charge is -2.07. The zero-order chi connectivity index (χ0) is 16.7. The van der Waals surface area contributed by atoms with E-state index in [1.807, 2.05) is 29.6 Å². The summed E-state index contributed by atoms with van der Waals surface area (Å²) in [4.78, 5) is 16.2. The third-order valence-electron chi connectivity index (χ3n) is 2.69. The van der Waals surface area contributed by atoms with E-state index >= 15 is 0 Å². The topological polar surface area (TPSA) is 66.0 Å². The number of nitrogens with zero attached hydrogens (tertiary/aromatic N) is 1. The van der Waals surface area contributed by atoms with Gasteiger partial charge in [0, 0.05) is 28.8 Å². The third kappa shape index (κ3) is 5.98. The number of thiazole rings is 1. The van der Waals surface area contributed by atoms with Crippen LogP contribution in [-0.4, -0.2) is 28.8 Å². The number of rotatable bonds is 5. The van der Waals surface area contributed by atoms with Gasteiger partial charge in [-0.15, -0.1) is 23.1 Å². The van der Waals surface area contributed by atoms with Crippen molar-refractivity contribution in [1.82, 2.24) is 21.2 Å². The van der Waals surface area contributed by atoms with E-state index in [9.17, 15) is 4.79 Å². The zero-order valence-corrected chi connectivity index (χ0v) is 15.5. The van der Waals surface area contributed by atoms with Gasteiger partial charge in [0.25, 0.3) is 0 Å². The fourth-order valence-electron chi connectivity index (χ4n) is 1.59. The molecule has 1 amide bonds. The second kappa shape index (κ2) is 9.07. The first-order valence-corrected chi connectivity index (χ1v) is 9.45. The summed E-state index contributed by atoms with van der Waals surface area (Å²) in [7, 11) is 1.68. The summed E-state index contributed by atoms with van der Waals surface area (Å²) >= 11 is 13.8. The Bertz CT molecular complexity index is 675. The maximum atomic E-state index is 11.6. The molecule has 1 heterocycles. The van der Waals surface area contributed by atoms with Crippen molar-refractivity contribution in [3.63, 3.8) is 0 Å². The van der Waals surface area contributed by atoms with Crippen molar-refractivity contribution < 1.29 is 4.79 Å². The first-order valence-electron chi connectivity index (χ1n) is 6.63. The van der Waals surface area contributed by atoms with Crippen LogP contribution in [0.15, 0.2) is 29.6 Å². The van der Waals surface area contributed by atoms with Crippen molar-refractivity contribution in [3.05, 3.63) is 39.7 Å². The molecular formula is C14H15ClN4OS3. The van der Waals surface area contributed by atoms with Crippen molar-refractivity contribution in [1.29, 1.82) is 0 Å². The molecule has 0 spiro atoms. The number of carbonyl (C=O) groups is 1. The minimum absolute atomic E-state index is 0.137. The quantitative estimate of drug-likeness (QED) is 0.542. The fourth-order valence-corrected chi connectivity index (χ4v) is 3.47. The molecule has 2 rings (SSSR count). The van der Waals surface area contributed by atoms with Crippen LogP contribution in [0.4, 0.5) is 0 Å². The standard InChI is InChI=1S/C14H15ClN4OS3/c1-16-14(21)19-18-12(20)7-22-8-13-17-11(6-23-13)9-2-4-10(15)5-3-9/h2-6H,7-8H2,1H3,(H,18,20)(H2,16,19,21). The van der Waals surface area contributed by atoms with Crippen LogP contribution in [0.3, 0.4) is 0 Å². The molecule has 1 aromatic heterocycles. The summed E-state index contributed by atoms with van der Waals surface area (Å²) in [5, 5.41) is 6.77. The SMILES string of the molecule is CNC(=S)NNC(=O)CSCc1nc(-c2ccc(Cl)cc2)cs1. The monoisotopic (exact) mass is 386 g/mol. The van der Waals surface area contributed by atoms with E-state index in [-0.39, 0.29) is 5.91 Å². The van der Waals surface area contributed by atoms with Crippen LogP contribution in [0.25, 0.3) is 11.3 Å². The van der Waals surface area contributed by atoms with Gasteiger partial charge in [-0.2, -0.15) is 0 Å². The number of carbonyl (C=O) groups excluding carboxylic acids is 1. The fraction of sp³-hybridized carbons (Fsp3) is 0.214. The number of benzene rings is 1. The highest BCUT2D eigenvalue weighted by molar-refractivity contribution is 7.99. The van der Waals surface area contributed by atoms with Crippen molar-refractivity contribution in [2.24, 2.45) is 0 Å². The summed E-state index contributed by atoms with van der Waals surface area (Å²) in [5.74, 6) is 0.874. The molecule has 0 aliphatic heterocycles. The van der Waals surface area contributed by atoms with Crippen molar-refractivity contribution >= 4 is 57.9 Å². The molecule has 23 heavy (non-hydrogen) atoms. The van der Waals surface area contributed by atoms with E-state index in [0.717, 1.165) is 16.3 Å². The molecule has 3 N–H and O–H groups in total. The van der Waals surface area contributed by atoms with Gasteiger partial charge in [-0.05, 0) is 24.4 Å². The molecule has 1 aromatic carbocycles. The number of hydrogen-bond acceptors (Lipinski definition) is 5. The number of halogens is 1. The van der Waals surface area contributed by atoms with Crippen molar-refractivity contribution in [3.8, 4) is 11.3 Å². The number of nitrogens with one attached hydrogen (secondary N) is 3. The number of hydrogen-bond donors (Lipinski definition) is 3. The van der Waals surface area contributed by atoms with Gasteiger partial charge >= 0.3 is 0 Å². The Hall–Kier alpha value is -1.35. The van der Waals surface area contributed by atoms with Crippen LogP contribution < -0.4 is 16.2 Å². The predicted octanol–water partition coefficient (Wildman–Crippen LogP) is 2.82. The van der Waals surface area contributed by atoms with Crippen LogP contribution in [-0.2, 0) is 10.5 Å². The summed E-state index contributed by atoms with van der Waals surface area (Å²) in [6.45, 7) is 0. The third-order valence-corrected chi connectivity index (χ3v) is 5.23. The van der Waals surface area contributed by atoms with Gasteiger partial charge in [-0.25, -0.2) is 4.98 Å². The lowest BCUT2D eigenvalue weighted by molar-refractivity contribution is -0.119. The number of aromatic nitrogens is 1. The molecule has 0 saturated carbocycles. The molecule has 9 heteroatoms. The molecule has 0 fully saturated rings. The normalized spacial score (nSPS) is 10.2. The maximum absolute atomic E-state index is 11.6. The van der Waals surface area contributed by atoms with Crippen LogP contribution >= 0.6 is 46.9 Å². The lowest BCUT2D eigenvalue weighted by Crippen LogP contribution is -2.46. The molecule has 0 bridgehead atoms. The van der Waals surface area contributed by atoms with Gasteiger partial charge in [0.15, 0.2) is 5.11 Å². The highest BCUT2D eigenvalue weighted by atomic mass is 35.5. The van der Waals surface area contributed by atoms with Crippen LogP contribution in [0.1, 0.15) is 5.01 Å². The largest absolute Gasteiger partial charge is 0.364 e. The molecule has 0 saturated heterocycles. The molecular weight excluding hydrogens is 372 g/mol. The molecule has 0 aliphatic carbocycles. The Balaban J connectivity index is 1.78. The van der Waals surface area contributed by atoms with Gasteiger partial charge in [0.2, 0.25) is 5.91 Å². The van der Waals surface area contributed by atoms with Crippen molar-refractivity contribution in [2.45, 2.75) is 5.75 Å². The van der Waals surface area contributed by atoms with E-state index in [1.54, 1.807) is 18.4 Å². The average molecular weight is 387 g/mol. The minimum Gasteiger partial charge on any atom is -0.364 e. The predicted molar refractivity (Wildman–Crippen MR) is 102 cm³/mol. The molecule has 122 valence electrons. The Kier molecular flexibility index (Phi) is 7.10. The Labute approximate surface area is 153 Å². The van der Waals surface area contributed by atoms with Crippen molar-refractivity contribution in [2.75, 3.05) is 12.8 Å². The molecule has 0 aliphatic rings. The zero-order valence-electron chi connectivity index (χ0n) is 12.3.